The second kappa shape index (κ2) is 7.62. The van der Waals surface area contributed by atoms with Crippen LogP contribution in [-0.2, 0) is 17.8 Å². The van der Waals surface area contributed by atoms with Gasteiger partial charge in [0.1, 0.15) is 5.75 Å². The molecule has 1 heterocycles. The van der Waals surface area contributed by atoms with Crippen LogP contribution >= 0.6 is 0 Å². The third kappa shape index (κ3) is 3.95. The van der Waals surface area contributed by atoms with Gasteiger partial charge in [-0.2, -0.15) is 0 Å². The lowest BCUT2D eigenvalue weighted by Gasteiger charge is -2.32. The molecule has 20 heavy (non-hydrogen) atoms. The zero-order valence-electron chi connectivity index (χ0n) is 12.8. The van der Waals surface area contributed by atoms with Gasteiger partial charge in [0.15, 0.2) is 0 Å². The Labute approximate surface area is 122 Å². The van der Waals surface area contributed by atoms with Gasteiger partial charge in [-0.25, -0.2) is 0 Å². The molecule has 1 aliphatic heterocycles. The zero-order valence-corrected chi connectivity index (χ0v) is 12.8. The predicted octanol–water partition coefficient (Wildman–Crippen LogP) is 2.03. The molecule has 1 saturated heterocycles. The van der Waals surface area contributed by atoms with Gasteiger partial charge in [0.2, 0.25) is 0 Å². The smallest absolute Gasteiger partial charge is 0.123 e. The van der Waals surface area contributed by atoms with Crippen LogP contribution in [0.2, 0.25) is 0 Å². The van der Waals surface area contributed by atoms with Crippen molar-refractivity contribution >= 4 is 0 Å². The maximum Gasteiger partial charge on any atom is 0.123 e. The largest absolute Gasteiger partial charge is 0.496 e. The van der Waals surface area contributed by atoms with Crippen LogP contribution < -0.4 is 10.1 Å². The first-order valence-electron chi connectivity index (χ1n) is 7.41. The van der Waals surface area contributed by atoms with Crippen LogP contribution in [-0.4, -0.2) is 44.9 Å². The van der Waals surface area contributed by atoms with Gasteiger partial charge in [0.25, 0.3) is 0 Å². The monoisotopic (exact) mass is 278 g/mol. The van der Waals surface area contributed by atoms with Gasteiger partial charge in [-0.1, -0.05) is 13.0 Å². The number of nitrogens with zero attached hydrogens (tertiary/aromatic N) is 1. The molecule has 0 aliphatic carbocycles. The van der Waals surface area contributed by atoms with Crippen molar-refractivity contribution in [1.29, 1.82) is 0 Å². The number of nitrogens with one attached hydrogen (secondary N) is 1. The van der Waals surface area contributed by atoms with Crippen LogP contribution in [0.4, 0.5) is 0 Å². The van der Waals surface area contributed by atoms with Crippen molar-refractivity contribution in [2.45, 2.75) is 32.5 Å². The molecule has 1 fully saturated rings. The quantitative estimate of drug-likeness (QED) is 0.863. The number of hydrogen-bond acceptors (Lipinski definition) is 4. The molecule has 112 valence electrons. The summed E-state index contributed by atoms with van der Waals surface area (Å²) in [4.78, 5) is 2.46. The lowest BCUT2D eigenvalue weighted by molar-refractivity contribution is -0.0326. The fraction of sp³-hybridized carbons (Fsp3) is 0.625. The van der Waals surface area contributed by atoms with Gasteiger partial charge in [0, 0.05) is 31.7 Å². The van der Waals surface area contributed by atoms with Crippen LogP contribution in [0.25, 0.3) is 0 Å². The molecule has 0 radical (unpaired) electrons. The molecule has 1 unspecified atom stereocenters. The molecular formula is C16H26N2O2. The highest BCUT2D eigenvalue weighted by Gasteiger charge is 2.20. The Bertz CT molecular complexity index is 423. The molecule has 1 aliphatic rings. The SMILES string of the molecule is CCC1CN(Cc2cc(CNC)ccc2OC)CCO1. The molecule has 0 amide bonds. The van der Waals surface area contributed by atoms with Gasteiger partial charge in [-0.15, -0.1) is 0 Å². The highest BCUT2D eigenvalue weighted by Crippen LogP contribution is 2.23. The molecule has 4 heteroatoms. The minimum absolute atomic E-state index is 0.371. The van der Waals surface area contributed by atoms with E-state index in [4.69, 9.17) is 9.47 Å². The van der Waals surface area contributed by atoms with Crippen LogP contribution in [0.5, 0.6) is 5.75 Å². The Kier molecular flexibility index (Phi) is 5.83. The summed E-state index contributed by atoms with van der Waals surface area (Å²) in [6.07, 6.45) is 1.45. The Morgan fingerprint density at radius 3 is 3.00 bits per heavy atom. The maximum absolute atomic E-state index is 5.73. The van der Waals surface area contributed by atoms with E-state index in [0.717, 1.165) is 45.0 Å². The molecular weight excluding hydrogens is 252 g/mol. The zero-order chi connectivity index (χ0) is 14.4. The summed E-state index contributed by atoms with van der Waals surface area (Å²) in [5.41, 5.74) is 2.56. The van der Waals surface area contributed by atoms with Crippen molar-refractivity contribution in [3.05, 3.63) is 29.3 Å². The minimum Gasteiger partial charge on any atom is -0.496 e. The molecule has 2 rings (SSSR count). The van der Waals surface area contributed by atoms with E-state index < -0.39 is 0 Å². The second-order valence-electron chi connectivity index (χ2n) is 5.31. The summed E-state index contributed by atoms with van der Waals surface area (Å²) < 4.78 is 11.2. The van der Waals surface area contributed by atoms with Gasteiger partial charge in [-0.05, 0) is 31.2 Å². The van der Waals surface area contributed by atoms with Crippen LogP contribution in [0.1, 0.15) is 24.5 Å². The summed E-state index contributed by atoms with van der Waals surface area (Å²) in [5, 5.41) is 3.19. The standard InChI is InChI=1S/C16H26N2O2/c1-4-15-12-18(7-8-20-15)11-14-9-13(10-17-2)5-6-16(14)19-3/h5-6,9,15,17H,4,7-8,10-12H2,1-3H3. The topological polar surface area (TPSA) is 33.7 Å². The Balaban J connectivity index is 2.08. The molecule has 0 bridgehead atoms. The minimum atomic E-state index is 0.371. The summed E-state index contributed by atoms with van der Waals surface area (Å²) >= 11 is 0. The third-order valence-electron chi connectivity index (χ3n) is 3.80. The highest BCUT2D eigenvalue weighted by atomic mass is 16.5. The van der Waals surface area contributed by atoms with Crippen molar-refractivity contribution < 1.29 is 9.47 Å². The Morgan fingerprint density at radius 1 is 1.45 bits per heavy atom. The van der Waals surface area contributed by atoms with Crippen molar-refractivity contribution in [1.82, 2.24) is 10.2 Å². The first-order chi connectivity index (χ1) is 9.76. The average molecular weight is 278 g/mol. The number of morpholine rings is 1. The Hall–Kier alpha value is -1.10. The van der Waals surface area contributed by atoms with Gasteiger partial charge < -0.3 is 14.8 Å². The van der Waals surface area contributed by atoms with E-state index in [1.807, 2.05) is 7.05 Å². The average Bonchev–Trinajstić information content (AvgIpc) is 2.48. The van der Waals surface area contributed by atoms with E-state index in [2.05, 4.69) is 35.3 Å². The first-order valence-corrected chi connectivity index (χ1v) is 7.41. The maximum atomic E-state index is 5.73. The van der Waals surface area contributed by atoms with Gasteiger partial charge in [0.05, 0.1) is 19.8 Å². The third-order valence-corrected chi connectivity index (χ3v) is 3.80. The summed E-state index contributed by atoms with van der Waals surface area (Å²) in [7, 11) is 3.71. The van der Waals surface area contributed by atoms with E-state index >= 15 is 0 Å². The molecule has 1 aromatic rings. The number of methoxy groups -OCH3 is 1. The number of hydrogen-bond donors (Lipinski definition) is 1. The molecule has 0 saturated carbocycles. The fourth-order valence-corrected chi connectivity index (χ4v) is 2.68. The molecule has 4 nitrogen and oxygen atoms in total. The molecule has 1 N–H and O–H groups in total. The van der Waals surface area contributed by atoms with E-state index in [1.54, 1.807) is 7.11 Å². The Morgan fingerprint density at radius 2 is 2.30 bits per heavy atom. The highest BCUT2D eigenvalue weighted by molar-refractivity contribution is 5.37. The van der Waals surface area contributed by atoms with E-state index in [1.165, 1.54) is 11.1 Å². The van der Waals surface area contributed by atoms with E-state index in [9.17, 15) is 0 Å². The molecule has 1 aromatic carbocycles. The van der Waals surface area contributed by atoms with Crippen molar-refractivity contribution in [2.24, 2.45) is 0 Å². The molecule has 1 atom stereocenters. The van der Waals surface area contributed by atoms with Crippen LogP contribution in [0, 0.1) is 0 Å². The second-order valence-corrected chi connectivity index (χ2v) is 5.31. The summed E-state index contributed by atoms with van der Waals surface area (Å²) in [5.74, 6) is 0.976. The number of rotatable bonds is 6. The molecule has 0 spiro atoms. The predicted molar refractivity (Wildman–Crippen MR) is 81.1 cm³/mol. The van der Waals surface area contributed by atoms with E-state index in [-0.39, 0.29) is 0 Å². The van der Waals surface area contributed by atoms with Gasteiger partial charge in [-0.3, -0.25) is 4.90 Å². The number of ether oxygens (including phenoxy) is 2. The van der Waals surface area contributed by atoms with Crippen molar-refractivity contribution in [3.63, 3.8) is 0 Å². The number of benzene rings is 1. The fourth-order valence-electron chi connectivity index (χ4n) is 2.68. The van der Waals surface area contributed by atoms with Crippen LogP contribution in [0.15, 0.2) is 18.2 Å². The van der Waals surface area contributed by atoms with Crippen molar-refractivity contribution in [3.8, 4) is 5.75 Å². The summed E-state index contributed by atoms with van der Waals surface area (Å²) in [6, 6.07) is 6.43. The first kappa shape index (κ1) is 15.3. The van der Waals surface area contributed by atoms with Crippen molar-refractivity contribution in [2.75, 3.05) is 33.9 Å². The van der Waals surface area contributed by atoms with Gasteiger partial charge >= 0.3 is 0 Å². The van der Waals surface area contributed by atoms with Crippen LogP contribution in [0.3, 0.4) is 0 Å². The molecule has 0 aromatic heterocycles. The lowest BCUT2D eigenvalue weighted by Crippen LogP contribution is -2.41. The van der Waals surface area contributed by atoms with E-state index in [0.29, 0.717) is 6.10 Å². The normalized spacial score (nSPS) is 20.1. The lowest BCUT2D eigenvalue weighted by atomic mass is 10.1. The summed E-state index contributed by atoms with van der Waals surface area (Å²) in [6.45, 7) is 6.84.